The topological polar surface area (TPSA) is 56.8 Å². The molecule has 0 saturated heterocycles. The van der Waals surface area contributed by atoms with Gasteiger partial charge in [0.2, 0.25) is 0 Å². The third-order valence-electron chi connectivity index (χ3n) is 3.58. The van der Waals surface area contributed by atoms with Gasteiger partial charge >= 0.3 is 0 Å². The fourth-order valence-electron chi connectivity index (χ4n) is 2.34. The minimum absolute atomic E-state index is 0.0963. The van der Waals surface area contributed by atoms with Crippen LogP contribution in [0.15, 0.2) is 40.9 Å². The lowest BCUT2D eigenvalue weighted by Crippen LogP contribution is -2.20. The summed E-state index contributed by atoms with van der Waals surface area (Å²) in [5, 5.41) is 2.77. The Morgan fingerprint density at radius 2 is 1.88 bits per heavy atom. The summed E-state index contributed by atoms with van der Waals surface area (Å²) in [4.78, 5) is 12.2. The second-order valence-electron chi connectivity index (χ2n) is 5.42. The van der Waals surface area contributed by atoms with E-state index in [0.29, 0.717) is 22.9 Å². The van der Waals surface area contributed by atoms with Crippen LogP contribution in [0.4, 0.5) is 5.69 Å². The van der Waals surface area contributed by atoms with Crippen LogP contribution in [-0.2, 0) is 11.2 Å². The van der Waals surface area contributed by atoms with E-state index >= 15 is 0 Å². The Morgan fingerprint density at radius 1 is 1.08 bits per heavy atom. The smallest absolute Gasteiger partial charge is 0.262 e. The molecule has 0 aliphatic carbocycles. The molecule has 134 valence electrons. The molecule has 0 aliphatic rings. The van der Waals surface area contributed by atoms with Gasteiger partial charge in [0, 0.05) is 6.07 Å². The van der Waals surface area contributed by atoms with Crippen LogP contribution in [0.1, 0.15) is 18.9 Å². The third kappa shape index (κ3) is 5.39. The average Bonchev–Trinajstić information content (AvgIpc) is 2.61. The normalized spacial score (nSPS) is 10.2. The molecule has 2 rings (SSSR count). The Morgan fingerprint density at radius 3 is 2.52 bits per heavy atom. The molecule has 1 amide bonds. The predicted molar refractivity (Wildman–Crippen MR) is 102 cm³/mol. The van der Waals surface area contributed by atoms with E-state index in [1.807, 2.05) is 18.2 Å². The Balaban J connectivity index is 1.97. The molecule has 25 heavy (non-hydrogen) atoms. The van der Waals surface area contributed by atoms with Crippen LogP contribution in [-0.4, -0.2) is 26.7 Å². The summed E-state index contributed by atoms with van der Waals surface area (Å²) in [6.07, 6.45) is 2.09. The van der Waals surface area contributed by atoms with Gasteiger partial charge in [0.25, 0.3) is 5.91 Å². The maximum Gasteiger partial charge on any atom is 0.262 e. The first-order chi connectivity index (χ1) is 12.1. The van der Waals surface area contributed by atoms with E-state index in [4.69, 9.17) is 14.2 Å². The highest BCUT2D eigenvalue weighted by molar-refractivity contribution is 9.10. The van der Waals surface area contributed by atoms with Crippen LogP contribution in [0, 0.1) is 0 Å². The SMILES string of the molecule is CCCc1ccc(OCC(=O)Nc2ccc(OC)cc2OC)c(Br)c1. The number of ether oxygens (including phenoxy) is 3. The van der Waals surface area contributed by atoms with E-state index in [1.54, 1.807) is 25.3 Å². The number of nitrogens with one attached hydrogen (secondary N) is 1. The van der Waals surface area contributed by atoms with Gasteiger partial charge in [-0.15, -0.1) is 0 Å². The molecule has 0 bridgehead atoms. The molecule has 0 saturated carbocycles. The number of hydrogen-bond donors (Lipinski definition) is 1. The van der Waals surface area contributed by atoms with Crippen molar-refractivity contribution in [1.29, 1.82) is 0 Å². The number of hydrogen-bond acceptors (Lipinski definition) is 4. The van der Waals surface area contributed by atoms with Crippen molar-refractivity contribution in [1.82, 2.24) is 0 Å². The van der Waals surface area contributed by atoms with E-state index in [1.165, 1.54) is 12.7 Å². The molecular formula is C19H22BrNO4. The van der Waals surface area contributed by atoms with Crippen LogP contribution >= 0.6 is 15.9 Å². The molecule has 0 aromatic heterocycles. The Kier molecular flexibility index (Phi) is 7.13. The van der Waals surface area contributed by atoms with Gasteiger partial charge in [-0.1, -0.05) is 19.4 Å². The lowest BCUT2D eigenvalue weighted by Gasteiger charge is -2.13. The molecule has 0 spiro atoms. The fraction of sp³-hybridized carbons (Fsp3) is 0.316. The Bertz CT molecular complexity index is 733. The van der Waals surface area contributed by atoms with E-state index in [0.717, 1.165) is 17.3 Å². The van der Waals surface area contributed by atoms with Gasteiger partial charge in [0.1, 0.15) is 17.2 Å². The van der Waals surface area contributed by atoms with E-state index in [2.05, 4.69) is 28.2 Å². The van der Waals surface area contributed by atoms with Gasteiger partial charge in [-0.05, 0) is 52.2 Å². The summed E-state index contributed by atoms with van der Waals surface area (Å²) in [5.41, 5.74) is 1.79. The number of aryl methyl sites for hydroxylation is 1. The number of halogens is 1. The minimum Gasteiger partial charge on any atom is -0.497 e. The lowest BCUT2D eigenvalue weighted by molar-refractivity contribution is -0.118. The molecule has 0 heterocycles. The summed E-state index contributed by atoms with van der Waals surface area (Å²) in [5.74, 6) is 1.55. The van der Waals surface area contributed by atoms with Crippen LogP contribution in [0.2, 0.25) is 0 Å². The first kappa shape index (κ1) is 19.1. The van der Waals surface area contributed by atoms with Crippen molar-refractivity contribution in [3.63, 3.8) is 0 Å². The van der Waals surface area contributed by atoms with Crippen molar-refractivity contribution >= 4 is 27.5 Å². The van der Waals surface area contributed by atoms with E-state index in [9.17, 15) is 4.79 Å². The number of anilines is 1. The highest BCUT2D eigenvalue weighted by Gasteiger charge is 2.11. The zero-order chi connectivity index (χ0) is 18.2. The molecule has 5 nitrogen and oxygen atoms in total. The first-order valence-corrected chi connectivity index (χ1v) is 8.79. The summed E-state index contributed by atoms with van der Waals surface area (Å²) in [6.45, 7) is 2.04. The van der Waals surface area contributed by atoms with Crippen LogP contribution in [0.3, 0.4) is 0 Å². The quantitative estimate of drug-likeness (QED) is 0.702. The number of carbonyl (C=O) groups is 1. The second kappa shape index (κ2) is 9.32. The predicted octanol–water partition coefficient (Wildman–Crippen LogP) is 4.44. The summed E-state index contributed by atoms with van der Waals surface area (Å²) in [7, 11) is 3.11. The zero-order valence-electron chi connectivity index (χ0n) is 14.6. The molecule has 1 N–H and O–H groups in total. The Hall–Kier alpha value is -2.21. The van der Waals surface area contributed by atoms with Gasteiger partial charge in [-0.3, -0.25) is 4.79 Å². The van der Waals surface area contributed by atoms with Crippen LogP contribution < -0.4 is 19.5 Å². The number of methoxy groups -OCH3 is 2. The molecular weight excluding hydrogens is 386 g/mol. The number of carbonyl (C=O) groups excluding carboxylic acids is 1. The average molecular weight is 408 g/mol. The second-order valence-corrected chi connectivity index (χ2v) is 6.27. The van der Waals surface area contributed by atoms with Crippen LogP contribution in [0.5, 0.6) is 17.2 Å². The maximum absolute atomic E-state index is 12.2. The van der Waals surface area contributed by atoms with E-state index in [-0.39, 0.29) is 12.5 Å². The largest absolute Gasteiger partial charge is 0.497 e. The molecule has 0 radical (unpaired) electrons. The fourth-order valence-corrected chi connectivity index (χ4v) is 2.88. The van der Waals surface area contributed by atoms with Gasteiger partial charge in [0.15, 0.2) is 6.61 Å². The number of rotatable bonds is 8. The van der Waals surface area contributed by atoms with Gasteiger partial charge in [-0.2, -0.15) is 0 Å². The summed E-state index contributed by atoms with van der Waals surface area (Å²) < 4.78 is 16.8. The highest BCUT2D eigenvalue weighted by Crippen LogP contribution is 2.29. The van der Waals surface area contributed by atoms with Gasteiger partial charge in [0.05, 0.1) is 24.4 Å². The zero-order valence-corrected chi connectivity index (χ0v) is 16.2. The molecule has 2 aromatic carbocycles. The van der Waals surface area contributed by atoms with Crippen molar-refractivity contribution in [2.24, 2.45) is 0 Å². The van der Waals surface area contributed by atoms with Gasteiger partial charge in [-0.25, -0.2) is 0 Å². The minimum atomic E-state index is -0.270. The van der Waals surface area contributed by atoms with Gasteiger partial charge < -0.3 is 19.5 Å². The summed E-state index contributed by atoms with van der Waals surface area (Å²) in [6, 6.07) is 11.1. The van der Waals surface area contributed by atoms with Crippen molar-refractivity contribution in [3.8, 4) is 17.2 Å². The van der Waals surface area contributed by atoms with Crippen molar-refractivity contribution in [2.45, 2.75) is 19.8 Å². The molecule has 0 fully saturated rings. The van der Waals surface area contributed by atoms with Crippen LogP contribution in [0.25, 0.3) is 0 Å². The molecule has 6 heteroatoms. The lowest BCUT2D eigenvalue weighted by atomic mass is 10.1. The van der Waals surface area contributed by atoms with Crippen molar-refractivity contribution in [3.05, 3.63) is 46.4 Å². The molecule has 0 aliphatic heterocycles. The number of amides is 1. The Labute approximate surface area is 156 Å². The van der Waals surface area contributed by atoms with Crippen molar-refractivity contribution in [2.75, 3.05) is 26.1 Å². The molecule has 2 aromatic rings. The standard InChI is InChI=1S/C19H22BrNO4/c1-4-5-13-6-9-17(15(20)10-13)25-12-19(22)21-16-8-7-14(23-2)11-18(16)24-3/h6-11H,4-5,12H2,1-3H3,(H,21,22). The highest BCUT2D eigenvalue weighted by atomic mass is 79.9. The third-order valence-corrected chi connectivity index (χ3v) is 4.20. The van der Waals surface area contributed by atoms with Crippen molar-refractivity contribution < 1.29 is 19.0 Å². The maximum atomic E-state index is 12.2. The summed E-state index contributed by atoms with van der Waals surface area (Å²) >= 11 is 3.48. The molecule has 0 atom stereocenters. The molecule has 0 unspecified atom stereocenters. The number of benzene rings is 2. The monoisotopic (exact) mass is 407 g/mol. The van der Waals surface area contributed by atoms with E-state index < -0.39 is 0 Å². The first-order valence-electron chi connectivity index (χ1n) is 8.00.